The maximum Gasteiger partial charge on any atom is 0.129 e. The normalized spacial score (nSPS) is 10.5. The van der Waals surface area contributed by atoms with Crippen LogP contribution in [0.2, 0.25) is 0 Å². The number of hydrogen-bond acceptors (Lipinski definition) is 4. The number of nitrogens with zero attached hydrogens (tertiary/aromatic N) is 1. The van der Waals surface area contributed by atoms with Crippen molar-refractivity contribution in [2.75, 3.05) is 13.7 Å². The topological polar surface area (TPSA) is 48.1 Å². The Balaban J connectivity index is 2.42. The van der Waals surface area contributed by atoms with Crippen molar-refractivity contribution in [3.05, 3.63) is 33.7 Å². The van der Waals surface area contributed by atoms with Gasteiger partial charge in [0.2, 0.25) is 0 Å². The van der Waals surface area contributed by atoms with E-state index in [4.69, 9.17) is 10.5 Å². The minimum Gasteiger partial charge on any atom is -0.496 e. The first-order valence-corrected chi connectivity index (χ1v) is 6.86. The molecule has 5 heteroatoms. The molecule has 2 aromatic rings. The summed E-state index contributed by atoms with van der Waals surface area (Å²) in [6, 6.07) is 7.88. The third-order valence-corrected chi connectivity index (χ3v) is 4.43. The Morgan fingerprint density at radius 2 is 2.18 bits per heavy atom. The van der Waals surface area contributed by atoms with E-state index in [0.29, 0.717) is 6.54 Å². The first-order valence-electron chi connectivity index (χ1n) is 5.25. The van der Waals surface area contributed by atoms with Crippen molar-refractivity contribution >= 4 is 27.3 Å². The fourth-order valence-electron chi connectivity index (χ4n) is 1.55. The van der Waals surface area contributed by atoms with E-state index in [1.54, 1.807) is 18.4 Å². The predicted octanol–water partition coefficient (Wildman–Crippen LogP) is 3.08. The number of halogens is 1. The van der Waals surface area contributed by atoms with Gasteiger partial charge in [0.05, 0.1) is 12.7 Å². The molecular formula is C12H13BrN2OS. The number of rotatable bonds is 4. The van der Waals surface area contributed by atoms with E-state index >= 15 is 0 Å². The third kappa shape index (κ3) is 2.68. The maximum absolute atomic E-state index is 5.57. The minimum atomic E-state index is 0.631. The van der Waals surface area contributed by atoms with Gasteiger partial charge in [-0.15, -0.1) is 11.3 Å². The fraction of sp³-hybridized carbons (Fsp3) is 0.250. The molecular weight excluding hydrogens is 300 g/mol. The molecule has 1 heterocycles. The second-order valence-corrected chi connectivity index (χ2v) is 5.31. The van der Waals surface area contributed by atoms with Gasteiger partial charge in [0.1, 0.15) is 15.4 Å². The van der Waals surface area contributed by atoms with Crippen LogP contribution in [0.5, 0.6) is 5.75 Å². The Morgan fingerprint density at radius 3 is 2.88 bits per heavy atom. The molecule has 0 spiro atoms. The van der Waals surface area contributed by atoms with Gasteiger partial charge < -0.3 is 10.5 Å². The van der Waals surface area contributed by atoms with Crippen molar-refractivity contribution < 1.29 is 4.74 Å². The van der Waals surface area contributed by atoms with Crippen LogP contribution in [0, 0.1) is 0 Å². The molecule has 0 radical (unpaired) electrons. The molecule has 0 amide bonds. The predicted molar refractivity (Wildman–Crippen MR) is 74.6 cm³/mol. The largest absolute Gasteiger partial charge is 0.496 e. The lowest BCUT2D eigenvalue weighted by atomic mass is 10.2. The molecule has 2 rings (SSSR count). The molecule has 1 aromatic carbocycles. The smallest absolute Gasteiger partial charge is 0.129 e. The molecule has 2 N–H and O–H groups in total. The van der Waals surface area contributed by atoms with Gasteiger partial charge >= 0.3 is 0 Å². The second-order valence-electron chi connectivity index (χ2n) is 3.47. The lowest BCUT2D eigenvalue weighted by Gasteiger charge is -2.04. The van der Waals surface area contributed by atoms with Gasteiger partial charge in [0.15, 0.2) is 0 Å². The Morgan fingerprint density at radius 1 is 1.41 bits per heavy atom. The van der Waals surface area contributed by atoms with Crippen molar-refractivity contribution in [2.45, 2.75) is 6.42 Å². The van der Waals surface area contributed by atoms with E-state index < -0.39 is 0 Å². The Bertz CT molecular complexity index is 513. The SMILES string of the molecule is COc1ccccc1-c1nc(Br)c(CCN)s1. The summed E-state index contributed by atoms with van der Waals surface area (Å²) in [7, 11) is 1.67. The Labute approximate surface area is 113 Å². The number of ether oxygens (including phenoxy) is 1. The zero-order valence-corrected chi connectivity index (χ0v) is 11.8. The standard InChI is InChI=1S/C12H13BrN2OS/c1-16-9-5-3-2-4-8(9)12-15-11(13)10(17-12)6-7-14/h2-5H,6-7,14H2,1H3. The molecule has 3 nitrogen and oxygen atoms in total. The van der Waals surface area contributed by atoms with Crippen LogP contribution in [-0.4, -0.2) is 18.6 Å². The summed E-state index contributed by atoms with van der Waals surface area (Å²) in [4.78, 5) is 5.68. The van der Waals surface area contributed by atoms with Crippen LogP contribution in [0.4, 0.5) is 0 Å². The second kappa shape index (κ2) is 5.62. The third-order valence-electron chi connectivity index (χ3n) is 2.36. The highest BCUT2D eigenvalue weighted by atomic mass is 79.9. The molecule has 1 aromatic heterocycles. The molecule has 0 atom stereocenters. The summed E-state index contributed by atoms with van der Waals surface area (Å²) < 4.78 is 6.22. The molecule has 0 saturated heterocycles. The Hall–Kier alpha value is -0.910. The molecule has 0 fully saturated rings. The van der Waals surface area contributed by atoms with Gasteiger partial charge in [-0.1, -0.05) is 12.1 Å². The van der Waals surface area contributed by atoms with Crippen molar-refractivity contribution in [1.82, 2.24) is 4.98 Å². The van der Waals surface area contributed by atoms with Gasteiger partial charge in [-0.2, -0.15) is 0 Å². The van der Waals surface area contributed by atoms with Gasteiger partial charge in [-0.3, -0.25) is 0 Å². The number of nitrogens with two attached hydrogens (primary N) is 1. The van der Waals surface area contributed by atoms with Crippen LogP contribution in [0.3, 0.4) is 0 Å². The summed E-state index contributed by atoms with van der Waals surface area (Å²) in [5, 5.41) is 0.956. The van der Waals surface area contributed by atoms with E-state index in [-0.39, 0.29) is 0 Å². The van der Waals surface area contributed by atoms with Crippen molar-refractivity contribution in [3.63, 3.8) is 0 Å². The number of para-hydroxylation sites is 1. The summed E-state index contributed by atoms with van der Waals surface area (Å²) in [5.74, 6) is 0.841. The van der Waals surface area contributed by atoms with Gasteiger partial charge in [0.25, 0.3) is 0 Å². The van der Waals surface area contributed by atoms with Crippen molar-refractivity contribution in [3.8, 4) is 16.3 Å². The number of methoxy groups -OCH3 is 1. The molecule has 0 aliphatic heterocycles. The lowest BCUT2D eigenvalue weighted by Crippen LogP contribution is -2.01. The average Bonchev–Trinajstić information content (AvgIpc) is 2.71. The van der Waals surface area contributed by atoms with Crippen LogP contribution >= 0.6 is 27.3 Å². The van der Waals surface area contributed by atoms with Crippen molar-refractivity contribution in [1.29, 1.82) is 0 Å². The average molecular weight is 313 g/mol. The van der Waals surface area contributed by atoms with E-state index in [1.165, 1.54) is 4.88 Å². The summed E-state index contributed by atoms with van der Waals surface area (Å²) in [6.45, 7) is 0.631. The molecule has 90 valence electrons. The monoisotopic (exact) mass is 312 g/mol. The number of aromatic nitrogens is 1. The molecule has 17 heavy (non-hydrogen) atoms. The van der Waals surface area contributed by atoms with Crippen LogP contribution in [0.25, 0.3) is 10.6 Å². The zero-order valence-electron chi connectivity index (χ0n) is 9.44. The highest BCUT2D eigenvalue weighted by molar-refractivity contribution is 9.10. The van der Waals surface area contributed by atoms with Crippen molar-refractivity contribution in [2.24, 2.45) is 5.73 Å². The molecule has 0 unspecified atom stereocenters. The molecule has 0 aliphatic carbocycles. The van der Waals surface area contributed by atoms with E-state index in [0.717, 1.165) is 27.3 Å². The number of hydrogen-bond donors (Lipinski definition) is 1. The lowest BCUT2D eigenvalue weighted by molar-refractivity contribution is 0.416. The fourth-order valence-corrected chi connectivity index (χ4v) is 3.29. The summed E-state index contributed by atoms with van der Waals surface area (Å²) in [6.07, 6.45) is 0.841. The molecule has 0 bridgehead atoms. The number of benzene rings is 1. The Kier molecular flexibility index (Phi) is 4.15. The first-order chi connectivity index (χ1) is 8.26. The first kappa shape index (κ1) is 12.5. The minimum absolute atomic E-state index is 0.631. The van der Waals surface area contributed by atoms with Crippen LogP contribution < -0.4 is 10.5 Å². The quantitative estimate of drug-likeness (QED) is 0.943. The highest BCUT2D eigenvalue weighted by Crippen LogP contribution is 2.36. The number of thiazole rings is 1. The maximum atomic E-state index is 5.57. The van der Waals surface area contributed by atoms with Gasteiger partial charge in [0, 0.05) is 4.88 Å². The molecule has 0 aliphatic rings. The van der Waals surface area contributed by atoms with E-state index in [2.05, 4.69) is 20.9 Å². The van der Waals surface area contributed by atoms with Gasteiger partial charge in [-0.25, -0.2) is 4.98 Å². The summed E-state index contributed by atoms with van der Waals surface area (Å²) in [5.41, 5.74) is 6.58. The van der Waals surface area contributed by atoms with E-state index in [9.17, 15) is 0 Å². The summed E-state index contributed by atoms with van der Waals surface area (Å²) >= 11 is 5.11. The van der Waals surface area contributed by atoms with Crippen LogP contribution in [0.1, 0.15) is 4.88 Å². The molecule has 0 saturated carbocycles. The van der Waals surface area contributed by atoms with E-state index in [1.807, 2.05) is 24.3 Å². The van der Waals surface area contributed by atoms with Crippen LogP contribution in [0.15, 0.2) is 28.9 Å². The van der Waals surface area contributed by atoms with Gasteiger partial charge in [-0.05, 0) is 41.0 Å². The highest BCUT2D eigenvalue weighted by Gasteiger charge is 2.13. The zero-order chi connectivity index (χ0) is 12.3. The van der Waals surface area contributed by atoms with Crippen LogP contribution in [-0.2, 0) is 6.42 Å².